The Morgan fingerprint density at radius 3 is 2.29 bits per heavy atom. The number of methoxy groups -OCH3 is 1. The predicted molar refractivity (Wildman–Crippen MR) is 152 cm³/mol. The monoisotopic (exact) mass is 536 g/mol. The van der Waals surface area contributed by atoms with E-state index in [-0.39, 0.29) is 30.8 Å². The summed E-state index contributed by atoms with van der Waals surface area (Å²) in [6, 6.07) is 23.9. The number of benzene rings is 3. The van der Waals surface area contributed by atoms with Crippen molar-refractivity contribution in [2.75, 3.05) is 13.7 Å². The number of rotatable bonds is 14. The number of ether oxygens (including phenoxy) is 2. The van der Waals surface area contributed by atoms with Crippen LogP contribution in [0, 0.1) is 0 Å². The van der Waals surface area contributed by atoms with Crippen LogP contribution >= 0.6 is 11.6 Å². The third-order valence-electron chi connectivity index (χ3n) is 6.38. The Hall–Kier alpha value is -3.51. The lowest BCUT2D eigenvalue weighted by Crippen LogP contribution is -2.52. The van der Waals surface area contributed by atoms with E-state index in [9.17, 15) is 9.59 Å². The smallest absolute Gasteiger partial charge is 0.243 e. The first-order valence-electron chi connectivity index (χ1n) is 13.0. The van der Waals surface area contributed by atoms with Gasteiger partial charge in [0.05, 0.1) is 13.7 Å². The van der Waals surface area contributed by atoms with Gasteiger partial charge >= 0.3 is 0 Å². The molecule has 0 radical (unpaired) electrons. The Labute approximate surface area is 230 Å². The fraction of sp³-hybridized carbons (Fsp3) is 0.355. The maximum absolute atomic E-state index is 13.7. The first-order valence-corrected chi connectivity index (χ1v) is 13.4. The molecule has 1 N–H and O–H groups in total. The van der Waals surface area contributed by atoms with Crippen molar-refractivity contribution in [1.82, 2.24) is 10.2 Å². The third-order valence-corrected chi connectivity index (χ3v) is 6.61. The number of hydrogen-bond acceptors (Lipinski definition) is 4. The topological polar surface area (TPSA) is 67.9 Å². The number of hydrogen-bond donors (Lipinski definition) is 1. The molecule has 0 saturated heterocycles. The fourth-order valence-electron chi connectivity index (χ4n) is 4.06. The number of nitrogens with zero attached hydrogens (tertiary/aromatic N) is 1. The summed E-state index contributed by atoms with van der Waals surface area (Å²) >= 11 is 6.24. The van der Waals surface area contributed by atoms with Crippen molar-refractivity contribution in [3.63, 3.8) is 0 Å². The third kappa shape index (κ3) is 9.10. The van der Waals surface area contributed by atoms with Gasteiger partial charge in [-0.3, -0.25) is 9.59 Å². The second-order valence-corrected chi connectivity index (χ2v) is 9.74. The minimum atomic E-state index is -0.666. The molecule has 2 amide bonds. The largest absolute Gasteiger partial charge is 0.497 e. The molecule has 3 rings (SSSR count). The number of nitrogens with one attached hydrogen (secondary N) is 1. The predicted octanol–water partition coefficient (Wildman–Crippen LogP) is 6.06. The second kappa shape index (κ2) is 15.0. The zero-order valence-corrected chi connectivity index (χ0v) is 23.1. The van der Waals surface area contributed by atoms with Gasteiger partial charge in [-0.25, -0.2) is 0 Å². The number of carbonyl (C=O) groups excluding carboxylic acids is 2. The lowest BCUT2D eigenvalue weighted by atomic mass is 10.0. The van der Waals surface area contributed by atoms with Crippen molar-refractivity contribution >= 4 is 23.4 Å². The van der Waals surface area contributed by atoms with Gasteiger partial charge in [-0.1, -0.05) is 61.0 Å². The van der Waals surface area contributed by atoms with Crippen molar-refractivity contribution in [1.29, 1.82) is 0 Å². The molecule has 7 heteroatoms. The van der Waals surface area contributed by atoms with Crippen LogP contribution in [0.25, 0.3) is 0 Å². The molecular formula is C31H37ClN2O4. The zero-order valence-electron chi connectivity index (χ0n) is 22.4. The Morgan fingerprint density at radius 2 is 1.63 bits per heavy atom. The van der Waals surface area contributed by atoms with Gasteiger partial charge in [0.25, 0.3) is 0 Å². The lowest BCUT2D eigenvalue weighted by molar-refractivity contribution is -0.141. The molecule has 2 atom stereocenters. The summed E-state index contributed by atoms with van der Waals surface area (Å²) < 4.78 is 11.0. The Bertz CT molecular complexity index is 1150. The molecule has 0 spiro atoms. The van der Waals surface area contributed by atoms with E-state index in [1.165, 1.54) is 0 Å². The molecule has 0 heterocycles. The molecule has 3 aromatic carbocycles. The minimum absolute atomic E-state index is 0.00166. The van der Waals surface area contributed by atoms with Crippen LogP contribution in [0.15, 0.2) is 78.9 Å². The summed E-state index contributed by atoms with van der Waals surface area (Å²) in [7, 11) is 1.62. The molecule has 38 heavy (non-hydrogen) atoms. The number of halogens is 1. The fourth-order valence-corrected chi connectivity index (χ4v) is 4.27. The van der Waals surface area contributed by atoms with Crippen LogP contribution in [0.2, 0.25) is 5.02 Å². The van der Waals surface area contributed by atoms with Crippen molar-refractivity contribution in [2.24, 2.45) is 0 Å². The minimum Gasteiger partial charge on any atom is -0.497 e. The SMILES string of the molecule is CC[C@H](C)NC(=O)[C@H](Cc1ccccc1)N(Cc1cccc(Cl)c1)C(=O)CCCOc1ccc(OC)cc1. The van der Waals surface area contributed by atoms with Gasteiger partial charge < -0.3 is 19.7 Å². The molecule has 3 aromatic rings. The van der Waals surface area contributed by atoms with E-state index in [0.29, 0.717) is 30.2 Å². The molecule has 0 fully saturated rings. The highest BCUT2D eigenvalue weighted by atomic mass is 35.5. The maximum atomic E-state index is 13.7. The molecule has 0 aliphatic heterocycles. The van der Waals surface area contributed by atoms with Crippen LogP contribution in [-0.2, 0) is 22.6 Å². The molecule has 0 aliphatic carbocycles. The van der Waals surface area contributed by atoms with Crippen LogP contribution in [0.5, 0.6) is 11.5 Å². The first kappa shape index (κ1) is 29.1. The molecule has 0 unspecified atom stereocenters. The highest BCUT2D eigenvalue weighted by Gasteiger charge is 2.30. The van der Waals surface area contributed by atoms with Gasteiger partial charge in [-0.15, -0.1) is 0 Å². The first-order chi connectivity index (χ1) is 18.4. The Balaban J connectivity index is 1.78. The summed E-state index contributed by atoms with van der Waals surface area (Å²) in [6.07, 6.45) is 1.98. The quantitative estimate of drug-likeness (QED) is 0.254. The van der Waals surface area contributed by atoms with Gasteiger partial charge in [0.1, 0.15) is 17.5 Å². The average molecular weight is 537 g/mol. The zero-order chi connectivity index (χ0) is 27.3. The van der Waals surface area contributed by atoms with E-state index >= 15 is 0 Å². The average Bonchev–Trinajstić information content (AvgIpc) is 2.93. The van der Waals surface area contributed by atoms with Gasteiger partial charge in [0.2, 0.25) is 11.8 Å². The Morgan fingerprint density at radius 1 is 0.947 bits per heavy atom. The summed E-state index contributed by atoms with van der Waals surface area (Å²) in [5.41, 5.74) is 1.86. The molecule has 0 bridgehead atoms. The van der Waals surface area contributed by atoms with Gasteiger partial charge in [-0.2, -0.15) is 0 Å². The van der Waals surface area contributed by atoms with Crippen LogP contribution in [0.4, 0.5) is 0 Å². The molecule has 0 aliphatic rings. The Kier molecular flexibility index (Phi) is 11.5. The molecule has 0 aromatic heterocycles. The summed E-state index contributed by atoms with van der Waals surface area (Å²) in [5.74, 6) is 1.20. The second-order valence-electron chi connectivity index (χ2n) is 9.30. The standard InChI is InChI=1S/C31H37ClN2O4/c1-4-23(2)33-31(36)29(21-24-10-6-5-7-11-24)34(22-25-12-8-13-26(32)20-25)30(35)14-9-19-38-28-17-15-27(37-3)16-18-28/h5-8,10-13,15-18,20,23,29H,4,9,14,19,21-22H2,1-3H3,(H,33,36)/t23-,29-/m0/s1. The summed E-state index contributed by atoms with van der Waals surface area (Å²) in [5, 5.41) is 3.68. The normalized spacial score (nSPS) is 12.3. The van der Waals surface area contributed by atoms with E-state index in [1.54, 1.807) is 18.1 Å². The van der Waals surface area contributed by atoms with E-state index in [4.69, 9.17) is 21.1 Å². The highest BCUT2D eigenvalue weighted by Crippen LogP contribution is 2.20. The molecule has 6 nitrogen and oxygen atoms in total. The maximum Gasteiger partial charge on any atom is 0.243 e. The van der Waals surface area contributed by atoms with Crippen molar-refractivity contribution in [3.8, 4) is 11.5 Å². The summed E-state index contributed by atoms with van der Waals surface area (Å²) in [4.78, 5) is 28.9. The van der Waals surface area contributed by atoms with Crippen LogP contribution in [-0.4, -0.2) is 42.5 Å². The van der Waals surface area contributed by atoms with E-state index in [1.807, 2.05) is 86.6 Å². The van der Waals surface area contributed by atoms with Crippen LogP contribution < -0.4 is 14.8 Å². The van der Waals surface area contributed by atoms with E-state index in [0.717, 1.165) is 23.3 Å². The van der Waals surface area contributed by atoms with Crippen molar-refractivity contribution in [3.05, 3.63) is 95.0 Å². The van der Waals surface area contributed by atoms with Crippen molar-refractivity contribution < 1.29 is 19.1 Å². The van der Waals surface area contributed by atoms with Gasteiger partial charge in [0, 0.05) is 30.5 Å². The molecule has 202 valence electrons. The lowest BCUT2D eigenvalue weighted by Gasteiger charge is -2.32. The van der Waals surface area contributed by atoms with Gasteiger partial charge in [-0.05, 0) is 67.3 Å². The number of amides is 2. The van der Waals surface area contributed by atoms with E-state index in [2.05, 4.69) is 5.32 Å². The van der Waals surface area contributed by atoms with Crippen LogP contribution in [0.1, 0.15) is 44.2 Å². The molecular weight excluding hydrogens is 500 g/mol. The number of carbonyl (C=O) groups is 2. The van der Waals surface area contributed by atoms with Gasteiger partial charge in [0.15, 0.2) is 0 Å². The van der Waals surface area contributed by atoms with E-state index < -0.39 is 6.04 Å². The van der Waals surface area contributed by atoms with Crippen LogP contribution in [0.3, 0.4) is 0 Å². The highest BCUT2D eigenvalue weighted by molar-refractivity contribution is 6.30. The summed E-state index contributed by atoms with van der Waals surface area (Å²) in [6.45, 7) is 4.65. The van der Waals surface area contributed by atoms with Crippen molar-refractivity contribution in [2.45, 2.75) is 58.2 Å². The molecule has 0 saturated carbocycles.